The molecule has 0 bridgehead atoms. The van der Waals surface area contributed by atoms with E-state index in [0.717, 1.165) is 30.7 Å². The number of amides is 1. The number of nitrogens with one attached hydrogen (secondary N) is 1. The van der Waals surface area contributed by atoms with E-state index in [-0.39, 0.29) is 6.09 Å². The van der Waals surface area contributed by atoms with Crippen molar-refractivity contribution in [2.75, 3.05) is 13.1 Å². The number of carbonyl (C=O) groups excluding carboxylic acids is 1. The molecule has 4 heteroatoms. The summed E-state index contributed by atoms with van der Waals surface area (Å²) in [6.45, 7) is 8.39. The SMILES string of the molecule is CC(C)(C)OC(=O)NC1CCC(N(CC2CC2)CC2CC2)CC1. The van der Waals surface area contributed by atoms with Gasteiger partial charge < -0.3 is 10.1 Å². The topological polar surface area (TPSA) is 41.6 Å². The van der Waals surface area contributed by atoms with Crippen molar-refractivity contribution >= 4 is 6.09 Å². The van der Waals surface area contributed by atoms with Crippen LogP contribution in [-0.2, 0) is 4.74 Å². The molecule has 0 spiro atoms. The molecule has 0 aromatic carbocycles. The summed E-state index contributed by atoms with van der Waals surface area (Å²) in [6, 6.07) is 1.04. The molecule has 23 heavy (non-hydrogen) atoms. The van der Waals surface area contributed by atoms with Gasteiger partial charge in [-0.1, -0.05) is 0 Å². The van der Waals surface area contributed by atoms with Crippen LogP contribution in [0.5, 0.6) is 0 Å². The molecule has 132 valence electrons. The Kier molecular flexibility index (Phi) is 5.19. The van der Waals surface area contributed by atoms with Gasteiger partial charge in [-0.05, 0) is 84.0 Å². The average molecular weight is 322 g/mol. The maximum atomic E-state index is 11.9. The lowest BCUT2D eigenvalue weighted by Crippen LogP contribution is -2.46. The normalized spacial score (nSPS) is 28.7. The van der Waals surface area contributed by atoms with Gasteiger partial charge >= 0.3 is 6.09 Å². The van der Waals surface area contributed by atoms with E-state index < -0.39 is 5.60 Å². The Morgan fingerprint density at radius 1 is 0.957 bits per heavy atom. The van der Waals surface area contributed by atoms with Gasteiger partial charge in [-0.3, -0.25) is 4.90 Å². The van der Waals surface area contributed by atoms with Crippen LogP contribution in [0.25, 0.3) is 0 Å². The van der Waals surface area contributed by atoms with Crippen LogP contribution in [0.2, 0.25) is 0 Å². The molecule has 3 aliphatic carbocycles. The molecular formula is C19H34N2O2. The van der Waals surface area contributed by atoms with Gasteiger partial charge in [0.05, 0.1) is 0 Å². The van der Waals surface area contributed by atoms with Crippen molar-refractivity contribution in [2.24, 2.45) is 11.8 Å². The Morgan fingerprint density at radius 3 is 1.91 bits per heavy atom. The van der Waals surface area contributed by atoms with Gasteiger partial charge in [-0.15, -0.1) is 0 Å². The minimum atomic E-state index is -0.410. The molecule has 1 N–H and O–H groups in total. The summed E-state index contributed by atoms with van der Waals surface area (Å²) in [6.07, 6.45) is 10.1. The molecule has 0 unspecified atom stereocenters. The van der Waals surface area contributed by atoms with Crippen molar-refractivity contribution in [2.45, 2.75) is 89.8 Å². The lowest BCUT2D eigenvalue weighted by Gasteiger charge is -2.37. The molecule has 0 aliphatic heterocycles. The number of hydrogen-bond donors (Lipinski definition) is 1. The van der Waals surface area contributed by atoms with E-state index in [9.17, 15) is 4.79 Å². The second kappa shape index (κ2) is 7.00. The lowest BCUT2D eigenvalue weighted by atomic mass is 9.90. The number of rotatable bonds is 6. The average Bonchev–Trinajstić information content (AvgIpc) is 3.32. The van der Waals surface area contributed by atoms with Crippen molar-refractivity contribution in [1.82, 2.24) is 10.2 Å². The Morgan fingerprint density at radius 2 is 1.48 bits per heavy atom. The molecule has 1 amide bonds. The minimum absolute atomic E-state index is 0.256. The second-order valence-corrected chi connectivity index (χ2v) is 8.99. The van der Waals surface area contributed by atoms with Crippen LogP contribution in [0.15, 0.2) is 0 Å². The molecule has 0 heterocycles. The summed E-state index contributed by atoms with van der Waals surface area (Å²) >= 11 is 0. The summed E-state index contributed by atoms with van der Waals surface area (Å²) in [5.74, 6) is 1.96. The molecule has 3 saturated carbocycles. The van der Waals surface area contributed by atoms with Gasteiger partial charge in [0, 0.05) is 25.2 Å². The summed E-state index contributed by atoms with van der Waals surface area (Å²) in [4.78, 5) is 14.7. The summed E-state index contributed by atoms with van der Waals surface area (Å²) < 4.78 is 5.38. The molecule has 3 fully saturated rings. The van der Waals surface area contributed by atoms with Gasteiger partial charge in [-0.2, -0.15) is 0 Å². The first kappa shape index (κ1) is 17.1. The van der Waals surface area contributed by atoms with E-state index in [1.54, 1.807) is 0 Å². The van der Waals surface area contributed by atoms with Gasteiger partial charge in [0.2, 0.25) is 0 Å². The maximum Gasteiger partial charge on any atom is 0.407 e. The first-order valence-electron chi connectivity index (χ1n) is 9.62. The van der Waals surface area contributed by atoms with E-state index in [0.29, 0.717) is 6.04 Å². The third kappa shape index (κ3) is 5.98. The third-order valence-electron chi connectivity index (χ3n) is 5.31. The first-order valence-corrected chi connectivity index (χ1v) is 9.62. The molecule has 0 aromatic rings. The van der Waals surface area contributed by atoms with E-state index in [2.05, 4.69) is 10.2 Å². The monoisotopic (exact) mass is 322 g/mol. The number of nitrogens with zero attached hydrogens (tertiary/aromatic N) is 1. The molecule has 0 atom stereocenters. The van der Waals surface area contributed by atoms with E-state index >= 15 is 0 Å². The summed E-state index contributed by atoms with van der Waals surface area (Å²) in [5.41, 5.74) is -0.410. The Labute approximate surface area is 141 Å². The van der Waals surface area contributed by atoms with Crippen LogP contribution in [0.3, 0.4) is 0 Å². The number of alkyl carbamates (subject to hydrolysis) is 1. The molecule has 0 saturated heterocycles. The lowest BCUT2D eigenvalue weighted by molar-refractivity contribution is 0.0474. The number of hydrogen-bond acceptors (Lipinski definition) is 3. The van der Waals surface area contributed by atoms with Crippen molar-refractivity contribution in [3.8, 4) is 0 Å². The highest BCUT2D eigenvalue weighted by molar-refractivity contribution is 5.68. The second-order valence-electron chi connectivity index (χ2n) is 8.99. The highest BCUT2D eigenvalue weighted by Gasteiger charge is 2.34. The summed E-state index contributed by atoms with van der Waals surface area (Å²) in [5, 5.41) is 3.06. The molecule has 0 aromatic heterocycles. The highest BCUT2D eigenvalue weighted by atomic mass is 16.6. The first-order chi connectivity index (χ1) is 10.9. The van der Waals surface area contributed by atoms with Crippen LogP contribution < -0.4 is 5.32 Å². The zero-order valence-corrected chi connectivity index (χ0v) is 15.1. The largest absolute Gasteiger partial charge is 0.444 e. The zero-order valence-electron chi connectivity index (χ0n) is 15.1. The van der Waals surface area contributed by atoms with Gasteiger partial charge in [0.25, 0.3) is 0 Å². The van der Waals surface area contributed by atoms with Crippen molar-refractivity contribution in [1.29, 1.82) is 0 Å². The molecular weight excluding hydrogens is 288 g/mol. The number of ether oxygens (including phenoxy) is 1. The predicted molar refractivity (Wildman–Crippen MR) is 92.4 cm³/mol. The van der Waals surface area contributed by atoms with Crippen molar-refractivity contribution in [3.05, 3.63) is 0 Å². The number of carbonyl (C=O) groups is 1. The van der Waals surface area contributed by atoms with E-state index in [1.807, 2.05) is 20.8 Å². The molecule has 4 nitrogen and oxygen atoms in total. The van der Waals surface area contributed by atoms with Gasteiger partial charge in [0.15, 0.2) is 0 Å². The fraction of sp³-hybridized carbons (Fsp3) is 0.947. The fourth-order valence-corrected chi connectivity index (χ4v) is 3.70. The van der Waals surface area contributed by atoms with Crippen LogP contribution in [-0.4, -0.2) is 41.8 Å². The predicted octanol–water partition coefficient (Wildman–Crippen LogP) is 3.94. The van der Waals surface area contributed by atoms with Crippen LogP contribution in [0.1, 0.15) is 72.1 Å². The summed E-state index contributed by atoms with van der Waals surface area (Å²) in [7, 11) is 0. The van der Waals surface area contributed by atoms with Crippen molar-refractivity contribution in [3.63, 3.8) is 0 Å². The quantitative estimate of drug-likeness (QED) is 0.805. The fourth-order valence-electron chi connectivity index (χ4n) is 3.70. The van der Waals surface area contributed by atoms with Gasteiger partial charge in [0.1, 0.15) is 5.60 Å². The zero-order chi connectivity index (χ0) is 16.4. The minimum Gasteiger partial charge on any atom is -0.444 e. The maximum absolute atomic E-state index is 11.9. The molecule has 3 aliphatic rings. The Bertz CT molecular complexity index is 388. The Hall–Kier alpha value is -0.770. The third-order valence-corrected chi connectivity index (χ3v) is 5.31. The Balaban J connectivity index is 1.42. The van der Waals surface area contributed by atoms with Crippen LogP contribution >= 0.6 is 0 Å². The van der Waals surface area contributed by atoms with E-state index in [4.69, 9.17) is 4.74 Å². The highest BCUT2D eigenvalue weighted by Crippen LogP contribution is 2.36. The molecule has 3 rings (SSSR count). The van der Waals surface area contributed by atoms with Crippen LogP contribution in [0.4, 0.5) is 4.79 Å². The molecule has 0 radical (unpaired) electrons. The van der Waals surface area contributed by atoms with Gasteiger partial charge in [-0.25, -0.2) is 4.79 Å². The van der Waals surface area contributed by atoms with Crippen LogP contribution in [0, 0.1) is 11.8 Å². The van der Waals surface area contributed by atoms with Crippen molar-refractivity contribution < 1.29 is 9.53 Å². The smallest absolute Gasteiger partial charge is 0.407 e. The standard InChI is InChI=1S/C19H34N2O2/c1-19(2,3)23-18(22)20-16-8-10-17(11-9-16)21(12-14-4-5-14)13-15-6-7-15/h14-17H,4-13H2,1-3H3,(H,20,22). The van der Waals surface area contributed by atoms with E-state index in [1.165, 1.54) is 51.6 Å².